The van der Waals surface area contributed by atoms with Crippen molar-refractivity contribution in [2.24, 2.45) is 5.73 Å². The molecule has 0 aromatic heterocycles. The number of nitrogens with two attached hydrogens (primary N) is 1. The first-order chi connectivity index (χ1) is 11.8. The van der Waals surface area contributed by atoms with Gasteiger partial charge in [0.25, 0.3) is 0 Å². The highest BCUT2D eigenvalue weighted by atomic mass is 16.5. The fourth-order valence-electron chi connectivity index (χ4n) is 2.84. The van der Waals surface area contributed by atoms with Crippen LogP contribution in [0.3, 0.4) is 0 Å². The molecule has 1 aliphatic heterocycles. The van der Waals surface area contributed by atoms with Crippen molar-refractivity contribution in [1.29, 1.82) is 0 Å². The smallest absolute Gasteiger partial charge is 0.236 e. The maximum atomic E-state index is 11.6. The van der Waals surface area contributed by atoms with Gasteiger partial charge in [0.15, 0.2) is 0 Å². The summed E-state index contributed by atoms with van der Waals surface area (Å²) in [7, 11) is 0. The van der Waals surface area contributed by atoms with Crippen LogP contribution in [0.25, 0.3) is 0 Å². The van der Waals surface area contributed by atoms with Crippen LogP contribution >= 0.6 is 0 Å². The summed E-state index contributed by atoms with van der Waals surface area (Å²) in [6, 6.07) is 18.3. The number of amides is 1. The van der Waals surface area contributed by atoms with E-state index in [2.05, 4.69) is 29.2 Å². The first-order valence-electron chi connectivity index (χ1n) is 8.26. The van der Waals surface area contributed by atoms with E-state index in [9.17, 15) is 4.79 Å². The molecule has 0 unspecified atom stereocenters. The topological polar surface area (TPSA) is 58.8 Å². The van der Waals surface area contributed by atoms with Gasteiger partial charge in [0.05, 0.1) is 6.54 Å². The fourth-order valence-corrected chi connectivity index (χ4v) is 2.84. The lowest BCUT2D eigenvalue weighted by atomic mass is 10.2. The van der Waals surface area contributed by atoms with Crippen molar-refractivity contribution in [2.45, 2.75) is 6.61 Å². The number of carbonyl (C=O) groups excluding carboxylic acids is 1. The Balaban J connectivity index is 1.52. The van der Waals surface area contributed by atoms with Gasteiger partial charge in [-0.3, -0.25) is 4.79 Å². The summed E-state index contributed by atoms with van der Waals surface area (Å²) >= 11 is 0. The zero-order valence-electron chi connectivity index (χ0n) is 13.7. The third-order valence-corrected chi connectivity index (χ3v) is 4.26. The van der Waals surface area contributed by atoms with E-state index in [0.717, 1.165) is 43.2 Å². The van der Waals surface area contributed by atoms with E-state index >= 15 is 0 Å². The van der Waals surface area contributed by atoms with Gasteiger partial charge in [-0.1, -0.05) is 30.3 Å². The highest BCUT2D eigenvalue weighted by Crippen LogP contribution is 2.21. The Hall–Kier alpha value is -2.53. The van der Waals surface area contributed by atoms with Crippen molar-refractivity contribution >= 4 is 11.6 Å². The summed E-state index contributed by atoms with van der Waals surface area (Å²) in [5.41, 5.74) is 7.73. The average molecular weight is 325 g/mol. The summed E-state index contributed by atoms with van der Waals surface area (Å²) in [6.07, 6.45) is 0. The molecular weight excluding hydrogens is 302 g/mol. The van der Waals surface area contributed by atoms with Gasteiger partial charge < -0.3 is 20.3 Å². The first-order valence-corrected chi connectivity index (χ1v) is 8.26. The lowest BCUT2D eigenvalue weighted by Crippen LogP contribution is -2.50. The molecule has 1 amide bonds. The molecule has 2 aromatic rings. The van der Waals surface area contributed by atoms with Crippen LogP contribution in [0.2, 0.25) is 0 Å². The van der Waals surface area contributed by atoms with Crippen molar-refractivity contribution in [3.05, 3.63) is 60.2 Å². The van der Waals surface area contributed by atoms with Crippen molar-refractivity contribution in [2.75, 3.05) is 37.6 Å². The Morgan fingerprint density at radius 1 is 0.958 bits per heavy atom. The predicted molar refractivity (Wildman–Crippen MR) is 95.1 cm³/mol. The fraction of sp³-hybridized carbons (Fsp3) is 0.316. The minimum Gasteiger partial charge on any atom is -0.489 e. The third kappa shape index (κ3) is 4.06. The van der Waals surface area contributed by atoms with Crippen LogP contribution in [-0.4, -0.2) is 43.5 Å². The Morgan fingerprint density at radius 3 is 2.25 bits per heavy atom. The number of carbonyl (C=O) groups is 1. The molecule has 5 heteroatoms. The highest BCUT2D eigenvalue weighted by Gasteiger charge is 2.20. The average Bonchev–Trinajstić information content (AvgIpc) is 2.67. The standard InChI is InChI=1S/C19H23N3O2/c20-14-19(23)22-12-10-21(11-13-22)17-6-8-18(9-7-17)24-15-16-4-2-1-3-5-16/h1-9H,10-15,20H2. The molecule has 0 radical (unpaired) electrons. The molecule has 0 atom stereocenters. The number of hydrogen-bond donors (Lipinski definition) is 1. The van der Waals surface area contributed by atoms with Crippen LogP contribution in [-0.2, 0) is 11.4 Å². The van der Waals surface area contributed by atoms with Gasteiger partial charge in [0.1, 0.15) is 12.4 Å². The Bertz CT molecular complexity index is 650. The molecule has 2 N–H and O–H groups in total. The van der Waals surface area contributed by atoms with Crippen LogP contribution in [0.4, 0.5) is 5.69 Å². The number of ether oxygens (including phenoxy) is 1. The van der Waals surface area contributed by atoms with Crippen molar-refractivity contribution in [1.82, 2.24) is 4.90 Å². The lowest BCUT2D eigenvalue weighted by molar-refractivity contribution is -0.129. The van der Waals surface area contributed by atoms with Crippen LogP contribution in [0.1, 0.15) is 5.56 Å². The Morgan fingerprint density at radius 2 is 1.62 bits per heavy atom. The van der Waals surface area contributed by atoms with Gasteiger partial charge in [-0.05, 0) is 29.8 Å². The third-order valence-electron chi connectivity index (χ3n) is 4.26. The van der Waals surface area contributed by atoms with Gasteiger partial charge in [-0.2, -0.15) is 0 Å². The van der Waals surface area contributed by atoms with Gasteiger partial charge >= 0.3 is 0 Å². The molecular formula is C19H23N3O2. The predicted octanol–water partition coefficient (Wildman–Crippen LogP) is 1.87. The number of hydrogen-bond acceptors (Lipinski definition) is 4. The van der Waals surface area contributed by atoms with E-state index < -0.39 is 0 Å². The Labute approximate surface area is 142 Å². The molecule has 0 bridgehead atoms. The molecule has 2 aromatic carbocycles. The van der Waals surface area contributed by atoms with Gasteiger partial charge in [0, 0.05) is 31.9 Å². The molecule has 5 nitrogen and oxygen atoms in total. The van der Waals surface area contributed by atoms with Crippen LogP contribution in [0.15, 0.2) is 54.6 Å². The second-order valence-electron chi connectivity index (χ2n) is 5.84. The van der Waals surface area contributed by atoms with Crippen molar-refractivity contribution in [3.63, 3.8) is 0 Å². The maximum Gasteiger partial charge on any atom is 0.236 e. The number of piperazine rings is 1. The molecule has 0 spiro atoms. The molecule has 0 aliphatic carbocycles. The second kappa shape index (κ2) is 7.84. The zero-order valence-corrected chi connectivity index (χ0v) is 13.7. The first kappa shape index (κ1) is 16.3. The number of nitrogens with zero attached hydrogens (tertiary/aromatic N) is 2. The minimum absolute atomic E-state index is 0.0271. The van der Waals surface area contributed by atoms with Crippen molar-refractivity contribution in [3.8, 4) is 5.75 Å². The summed E-state index contributed by atoms with van der Waals surface area (Å²) < 4.78 is 5.81. The maximum absolute atomic E-state index is 11.6. The molecule has 126 valence electrons. The van der Waals surface area contributed by atoms with Gasteiger partial charge in [0.2, 0.25) is 5.91 Å². The molecule has 24 heavy (non-hydrogen) atoms. The van der Waals surface area contributed by atoms with Crippen molar-refractivity contribution < 1.29 is 9.53 Å². The molecule has 1 saturated heterocycles. The number of rotatable bonds is 5. The second-order valence-corrected chi connectivity index (χ2v) is 5.84. The van der Waals surface area contributed by atoms with E-state index in [1.54, 1.807) is 0 Å². The van der Waals surface area contributed by atoms with E-state index in [4.69, 9.17) is 10.5 Å². The highest BCUT2D eigenvalue weighted by molar-refractivity contribution is 5.78. The number of anilines is 1. The van der Waals surface area contributed by atoms with Crippen LogP contribution in [0.5, 0.6) is 5.75 Å². The van der Waals surface area contributed by atoms with Crippen LogP contribution in [0, 0.1) is 0 Å². The SMILES string of the molecule is NCC(=O)N1CCN(c2ccc(OCc3ccccc3)cc2)CC1. The monoisotopic (exact) mass is 325 g/mol. The number of benzene rings is 2. The lowest BCUT2D eigenvalue weighted by Gasteiger charge is -2.36. The molecule has 1 aliphatic rings. The minimum atomic E-state index is 0.0271. The molecule has 0 saturated carbocycles. The van der Waals surface area contributed by atoms with E-state index in [0.29, 0.717) is 6.61 Å². The zero-order chi connectivity index (χ0) is 16.8. The summed E-state index contributed by atoms with van der Waals surface area (Å²) in [6.45, 7) is 3.77. The van der Waals surface area contributed by atoms with E-state index in [-0.39, 0.29) is 12.5 Å². The summed E-state index contributed by atoms with van der Waals surface area (Å²) in [4.78, 5) is 15.7. The molecule has 1 fully saturated rings. The van der Waals surface area contributed by atoms with Crippen LogP contribution < -0.4 is 15.4 Å². The quantitative estimate of drug-likeness (QED) is 0.912. The Kier molecular flexibility index (Phi) is 5.33. The van der Waals surface area contributed by atoms with E-state index in [1.165, 1.54) is 0 Å². The largest absolute Gasteiger partial charge is 0.489 e. The van der Waals surface area contributed by atoms with Gasteiger partial charge in [-0.25, -0.2) is 0 Å². The molecule has 1 heterocycles. The summed E-state index contributed by atoms with van der Waals surface area (Å²) in [5.74, 6) is 0.888. The normalized spacial score (nSPS) is 14.5. The summed E-state index contributed by atoms with van der Waals surface area (Å²) in [5, 5.41) is 0. The van der Waals surface area contributed by atoms with E-state index in [1.807, 2.05) is 35.2 Å². The van der Waals surface area contributed by atoms with Gasteiger partial charge in [-0.15, -0.1) is 0 Å². The molecule has 3 rings (SSSR count).